The number of hydrogen-bond donors (Lipinski definition) is 0. The zero-order valence-corrected chi connectivity index (χ0v) is 17.4. The summed E-state index contributed by atoms with van der Waals surface area (Å²) in [7, 11) is -1.56. The zero-order chi connectivity index (χ0) is 19.9. The summed E-state index contributed by atoms with van der Waals surface area (Å²) < 4.78 is 43.7. The van der Waals surface area contributed by atoms with Crippen LogP contribution in [0.15, 0.2) is 47.5 Å². The molecule has 2 aliphatic rings. The van der Waals surface area contributed by atoms with Crippen LogP contribution in [0.4, 0.5) is 10.1 Å². The van der Waals surface area contributed by atoms with Gasteiger partial charge in [0.1, 0.15) is 11.6 Å². The fourth-order valence-corrected chi connectivity index (χ4v) is 6.81. The quantitative estimate of drug-likeness (QED) is 0.724. The van der Waals surface area contributed by atoms with Crippen LogP contribution in [0.25, 0.3) is 0 Å². The molecule has 1 saturated heterocycles. The lowest BCUT2D eigenvalue weighted by Crippen LogP contribution is -2.39. The highest BCUT2D eigenvalue weighted by atomic mass is 35.5. The minimum atomic E-state index is -3.14. The molecule has 0 aliphatic carbocycles. The fourth-order valence-electron chi connectivity index (χ4n) is 3.50. The van der Waals surface area contributed by atoms with Crippen molar-refractivity contribution in [1.29, 1.82) is 0 Å². The number of halogens is 2. The summed E-state index contributed by atoms with van der Waals surface area (Å²) in [4.78, 5) is 6.58. The lowest BCUT2D eigenvalue weighted by atomic mass is 10.1. The zero-order valence-electron chi connectivity index (χ0n) is 15.0. The van der Waals surface area contributed by atoms with Gasteiger partial charge in [-0.05, 0) is 24.3 Å². The molecule has 148 valence electrons. The summed E-state index contributed by atoms with van der Waals surface area (Å²) in [5.41, 5.74) is 1.21. The lowest BCUT2D eigenvalue weighted by Gasteiger charge is -2.26. The molecule has 0 spiro atoms. The molecule has 0 N–H and O–H groups in total. The summed E-state index contributed by atoms with van der Waals surface area (Å²) in [6, 6.07) is 11.4. The summed E-state index contributed by atoms with van der Waals surface area (Å²) in [5, 5.41) is 1.03. The van der Waals surface area contributed by atoms with Gasteiger partial charge >= 0.3 is 0 Å². The number of aliphatic imine (C=N–C) groups is 1. The Morgan fingerprint density at radius 3 is 2.82 bits per heavy atom. The Kier molecular flexibility index (Phi) is 5.28. The number of methoxy groups -OCH3 is 1. The van der Waals surface area contributed by atoms with Crippen LogP contribution in [-0.4, -0.2) is 44.3 Å². The third-order valence-corrected chi connectivity index (χ3v) is 7.89. The molecule has 4 rings (SSSR count). The molecule has 0 radical (unpaired) electrons. The van der Waals surface area contributed by atoms with Crippen LogP contribution in [-0.2, 0) is 15.6 Å². The van der Waals surface area contributed by atoms with E-state index in [0.717, 1.165) is 5.69 Å². The maximum Gasteiger partial charge on any atom is 0.164 e. The van der Waals surface area contributed by atoms with E-state index in [1.165, 1.54) is 17.8 Å². The van der Waals surface area contributed by atoms with E-state index >= 15 is 0 Å². The Morgan fingerprint density at radius 1 is 1.29 bits per heavy atom. The van der Waals surface area contributed by atoms with Crippen LogP contribution < -0.4 is 9.64 Å². The van der Waals surface area contributed by atoms with E-state index in [1.54, 1.807) is 19.2 Å². The van der Waals surface area contributed by atoms with Crippen molar-refractivity contribution in [2.45, 2.75) is 17.8 Å². The normalized spacial score (nSPS) is 22.8. The van der Waals surface area contributed by atoms with E-state index in [-0.39, 0.29) is 29.4 Å². The second kappa shape index (κ2) is 7.57. The number of ether oxygens (including phenoxy) is 1. The first kappa shape index (κ1) is 19.5. The molecule has 0 amide bonds. The van der Waals surface area contributed by atoms with Crippen molar-refractivity contribution in [3.63, 3.8) is 0 Å². The summed E-state index contributed by atoms with van der Waals surface area (Å²) >= 11 is 7.49. The largest absolute Gasteiger partial charge is 0.497 e. The van der Waals surface area contributed by atoms with Gasteiger partial charge in [-0.3, -0.25) is 4.99 Å². The third-order valence-electron chi connectivity index (χ3n) is 4.85. The van der Waals surface area contributed by atoms with Crippen molar-refractivity contribution < 1.29 is 17.5 Å². The molecule has 2 atom stereocenters. The van der Waals surface area contributed by atoms with Crippen molar-refractivity contribution in [2.75, 3.05) is 23.5 Å². The van der Waals surface area contributed by atoms with Gasteiger partial charge in [-0.1, -0.05) is 35.5 Å². The van der Waals surface area contributed by atoms with Gasteiger partial charge in [0.2, 0.25) is 0 Å². The van der Waals surface area contributed by atoms with Crippen molar-refractivity contribution in [1.82, 2.24) is 0 Å². The topological polar surface area (TPSA) is 59.0 Å². The molecule has 0 saturated carbocycles. The number of anilines is 1. The molecule has 0 bridgehead atoms. The summed E-state index contributed by atoms with van der Waals surface area (Å²) in [5.74, 6) is 0.681. The van der Waals surface area contributed by atoms with Gasteiger partial charge in [0, 0.05) is 28.1 Å². The fraction of sp³-hybridized carbons (Fsp3) is 0.316. The number of rotatable bonds is 4. The SMILES string of the molecule is COc1cccc(N2C(SCc3c(F)cccc3Cl)=N[C@H]3CS(=O)(=O)C[C@@H]32)c1. The highest BCUT2D eigenvalue weighted by molar-refractivity contribution is 8.13. The summed E-state index contributed by atoms with van der Waals surface area (Å²) in [6.07, 6.45) is 0. The van der Waals surface area contributed by atoms with E-state index < -0.39 is 9.84 Å². The Morgan fingerprint density at radius 2 is 2.07 bits per heavy atom. The smallest absolute Gasteiger partial charge is 0.164 e. The summed E-state index contributed by atoms with van der Waals surface area (Å²) in [6.45, 7) is 0. The van der Waals surface area contributed by atoms with Gasteiger partial charge in [0.25, 0.3) is 0 Å². The predicted molar refractivity (Wildman–Crippen MR) is 112 cm³/mol. The Labute approximate surface area is 172 Å². The highest BCUT2D eigenvalue weighted by Gasteiger charge is 2.47. The van der Waals surface area contributed by atoms with Crippen LogP contribution >= 0.6 is 23.4 Å². The van der Waals surface area contributed by atoms with Gasteiger partial charge < -0.3 is 9.64 Å². The Balaban J connectivity index is 1.65. The molecule has 9 heteroatoms. The first-order valence-electron chi connectivity index (χ1n) is 8.65. The number of thioether (sulfide) groups is 1. The van der Waals surface area contributed by atoms with Crippen molar-refractivity contribution in [3.8, 4) is 5.75 Å². The van der Waals surface area contributed by atoms with E-state index in [1.807, 2.05) is 29.2 Å². The van der Waals surface area contributed by atoms with Crippen LogP contribution in [0.3, 0.4) is 0 Å². The van der Waals surface area contributed by atoms with Crippen LogP contribution in [0.5, 0.6) is 5.75 Å². The number of benzene rings is 2. The molecule has 1 fully saturated rings. The van der Waals surface area contributed by atoms with Gasteiger partial charge in [-0.25, -0.2) is 12.8 Å². The van der Waals surface area contributed by atoms with E-state index in [9.17, 15) is 12.8 Å². The highest BCUT2D eigenvalue weighted by Crippen LogP contribution is 2.37. The van der Waals surface area contributed by atoms with Gasteiger partial charge in [0.05, 0.1) is 30.7 Å². The van der Waals surface area contributed by atoms with Gasteiger partial charge in [0.15, 0.2) is 15.0 Å². The van der Waals surface area contributed by atoms with Crippen LogP contribution in [0, 0.1) is 5.82 Å². The predicted octanol–water partition coefficient (Wildman–Crippen LogP) is 3.76. The number of nitrogens with zero attached hydrogens (tertiary/aromatic N) is 2. The van der Waals surface area contributed by atoms with Crippen molar-refractivity contribution >= 4 is 44.1 Å². The monoisotopic (exact) mass is 440 g/mol. The molecular formula is C19H18ClFN2O3S2. The van der Waals surface area contributed by atoms with E-state index in [2.05, 4.69) is 4.99 Å². The minimum absolute atomic E-state index is 0.0304. The number of fused-ring (bicyclic) bond motifs is 1. The average molecular weight is 441 g/mol. The Hall–Kier alpha value is -1.77. The van der Waals surface area contributed by atoms with Gasteiger partial charge in [-0.2, -0.15) is 0 Å². The molecule has 0 aromatic heterocycles. The van der Waals surface area contributed by atoms with Crippen LogP contribution in [0.2, 0.25) is 5.02 Å². The van der Waals surface area contributed by atoms with E-state index in [0.29, 0.717) is 27.3 Å². The first-order chi connectivity index (χ1) is 13.4. The maximum atomic E-state index is 14.1. The number of sulfone groups is 1. The maximum absolute atomic E-state index is 14.1. The molecule has 5 nitrogen and oxygen atoms in total. The number of amidine groups is 1. The minimum Gasteiger partial charge on any atom is -0.497 e. The Bertz CT molecular complexity index is 1020. The molecule has 2 aliphatic heterocycles. The first-order valence-corrected chi connectivity index (χ1v) is 11.8. The molecule has 0 unspecified atom stereocenters. The second-order valence-electron chi connectivity index (χ2n) is 6.68. The lowest BCUT2D eigenvalue weighted by molar-refractivity contribution is 0.415. The molecule has 2 heterocycles. The standard InChI is InChI=1S/C19H18ClFN2O3S2/c1-26-13-5-2-4-12(8-13)23-18-11-28(24,25)10-17(18)22-19(23)27-9-14-15(20)6-3-7-16(14)21/h2-8,17-18H,9-11H2,1H3/t17-,18-/m0/s1. The average Bonchev–Trinajstić information content (AvgIpc) is 3.12. The molecule has 2 aromatic carbocycles. The third kappa shape index (κ3) is 3.73. The van der Waals surface area contributed by atoms with Crippen molar-refractivity contribution in [2.24, 2.45) is 4.99 Å². The number of hydrogen-bond acceptors (Lipinski definition) is 6. The molecule has 2 aromatic rings. The van der Waals surface area contributed by atoms with Crippen molar-refractivity contribution in [3.05, 3.63) is 58.9 Å². The molecular weight excluding hydrogens is 423 g/mol. The molecule has 28 heavy (non-hydrogen) atoms. The van der Waals surface area contributed by atoms with Crippen LogP contribution in [0.1, 0.15) is 5.56 Å². The van der Waals surface area contributed by atoms with E-state index in [4.69, 9.17) is 16.3 Å². The van der Waals surface area contributed by atoms with Gasteiger partial charge in [-0.15, -0.1) is 0 Å². The second-order valence-corrected chi connectivity index (χ2v) is 10.2.